The van der Waals surface area contributed by atoms with Crippen LogP contribution < -0.4 is 5.32 Å². The van der Waals surface area contributed by atoms with Gasteiger partial charge in [0.15, 0.2) is 0 Å². The van der Waals surface area contributed by atoms with Crippen LogP contribution in [0.3, 0.4) is 0 Å². The predicted molar refractivity (Wildman–Crippen MR) is 65.1 cm³/mol. The highest BCUT2D eigenvalue weighted by atomic mass is 16.1. The van der Waals surface area contributed by atoms with E-state index in [0.717, 1.165) is 24.8 Å². The van der Waals surface area contributed by atoms with Gasteiger partial charge in [0.25, 0.3) is 0 Å². The highest BCUT2D eigenvalue weighted by molar-refractivity contribution is 5.76. The highest BCUT2D eigenvalue weighted by Gasteiger charge is 2.07. The normalized spacial score (nSPS) is 10.4. The van der Waals surface area contributed by atoms with Gasteiger partial charge in [-0.05, 0) is 30.9 Å². The van der Waals surface area contributed by atoms with Crippen molar-refractivity contribution in [1.82, 2.24) is 10.3 Å². The molecule has 0 saturated carbocycles. The minimum atomic E-state index is 0.137. The fourth-order valence-corrected chi connectivity index (χ4v) is 1.60. The SMILES string of the molecule is CCC(CC)NC(=O)CCc1cccnc1. The van der Waals surface area contributed by atoms with E-state index in [0.29, 0.717) is 12.5 Å². The summed E-state index contributed by atoms with van der Waals surface area (Å²) in [5.74, 6) is 0.137. The molecule has 0 unspecified atom stereocenters. The summed E-state index contributed by atoms with van der Waals surface area (Å²) in [5, 5.41) is 3.03. The summed E-state index contributed by atoms with van der Waals surface area (Å²) < 4.78 is 0. The highest BCUT2D eigenvalue weighted by Crippen LogP contribution is 2.02. The molecule has 0 aliphatic heterocycles. The summed E-state index contributed by atoms with van der Waals surface area (Å²) >= 11 is 0. The zero-order valence-electron chi connectivity index (χ0n) is 10.1. The molecule has 1 amide bonds. The summed E-state index contributed by atoms with van der Waals surface area (Å²) in [5.41, 5.74) is 1.11. The lowest BCUT2D eigenvalue weighted by atomic mass is 10.1. The predicted octanol–water partition coefficient (Wildman–Crippen LogP) is 2.32. The second-order valence-corrected chi connectivity index (χ2v) is 3.94. The van der Waals surface area contributed by atoms with Crippen LogP contribution in [-0.4, -0.2) is 16.9 Å². The van der Waals surface area contributed by atoms with Gasteiger partial charge < -0.3 is 5.32 Å². The number of hydrogen-bond donors (Lipinski definition) is 1. The first-order valence-electron chi connectivity index (χ1n) is 5.94. The Kier molecular flexibility index (Phi) is 5.54. The van der Waals surface area contributed by atoms with Crippen molar-refractivity contribution in [1.29, 1.82) is 0 Å². The van der Waals surface area contributed by atoms with E-state index in [2.05, 4.69) is 24.1 Å². The number of pyridine rings is 1. The molecule has 88 valence electrons. The number of nitrogens with one attached hydrogen (secondary N) is 1. The van der Waals surface area contributed by atoms with E-state index < -0.39 is 0 Å². The Labute approximate surface area is 97.3 Å². The van der Waals surface area contributed by atoms with Gasteiger partial charge in [0.2, 0.25) is 5.91 Å². The van der Waals surface area contributed by atoms with E-state index in [1.165, 1.54) is 0 Å². The first-order valence-corrected chi connectivity index (χ1v) is 5.94. The topological polar surface area (TPSA) is 42.0 Å². The Balaban J connectivity index is 2.30. The molecule has 0 atom stereocenters. The van der Waals surface area contributed by atoms with Crippen molar-refractivity contribution in [3.63, 3.8) is 0 Å². The molecule has 1 N–H and O–H groups in total. The van der Waals surface area contributed by atoms with E-state index in [-0.39, 0.29) is 5.91 Å². The van der Waals surface area contributed by atoms with Gasteiger partial charge in [0.05, 0.1) is 0 Å². The Morgan fingerprint density at radius 2 is 2.19 bits per heavy atom. The Hall–Kier alpha value is -1.38. The molecule has 0 bridgehead atoms. The third-order valence-electron chi connectivity index (χ3n) is 2.71. The van der Waals surface area contributed by atoms with Crippen LogP contribution in [0, 0.1) is 0 Å². The second-order valence-electron chi connectivity index (χ2n) is 3.94. The molecule has 1 aromatic heterocycles. The minimum absolute atomic E-state index is 0.137. The molecule has 0 radical (unpaired) electrons. The summed E-state index contributed by atoms with van der Waals surface area (Å²) in [6.45, 7) is 4.19. The number of aryl methyl sites for hydroxylation is 1. The largest absolute Gasteiger partial charge is 0.353 e. The van der Waals surface area contributed by atoms with Gasteiger partial charge in [0.1, 0.15) is 0 Å². The van der Waals surface area contributed by atoms with Gasteiger partial charge in [0, 0.05) is 24.9 Å². The molecule has 1 aromatic rings. The molecule has 0 aliphatic rings. The molecule has 0 fully saturated rings. The molecule has 0 aromatic carbocycles. The second kappa shape index (κ2) is 6.99. The summed E-state index contributed by atoms with van der Waals surface area (Å²) in [4.78, 5) is 15.6. The zero-order chi connectivity index (χ0) is 11.8. The fraction of sp³-hybridized carbons (Fsp3) is 0.538. The standard InChI is InChI=1S/C13H20N2O/c1-3-12(4-2)15-13(16)8-7-11-6-5-9-14-10-11/h5-6,9-10,12H,3-4,7-8H2,1-2H3,(H,15,16). The van der Waals surface area contributed by atoms with Gasteiger partial charge in [-0.15, -0.1) is 0 Å². The van der Waals surface area contributed by atoms with Crippen LogP contribution in [0.25, 0.3) is 0 Å². The van der Waals surface area contributed by atoms with Gasteiger partial charge >= 0.3 is 0 Å². The summed E-state index contributed by atoms with van der Waals surface area (Å²) in [6.07, 6.45) is 6.85. The quantitative estimate of drug-likeness (QED) is 0.799. The van der Waals surface area contributed by atoms with Crippen molar-refractivity contribution >= 4 is 5.91 Å². The van der Waals surface area contributed by atoms with Crippen LogP contribution in [0.4, 0.5) is 0 Å². The molecular formula is C13H20N2O. The van der Waals surface area contributed by atoms with Crippen LogP contribution in [0.15, 0.2) is 24.5 Å². The van der Waals surface area contributed by atoms with Crippen molar-refractivity contribution in [3.05, 3.63) is 30.1 Å². The monoisotopic (exact) mass is 220 g/mol. The van der Waals surface area contributed by atoms with Crippen molar-refractivity contribution < 1.29 is 4.79 Å². The van der Waals surface area contributed by atoms with Crippen LogP contribution >= 0.6 is 0 Å². The van der Waals surface area contributed by atoms with Crippen LogP contribution in [0.1, 0.15) is 38.7 Å². The lowest BCUT2D eigenvalue weighted by molar-refractivity contribution is -0.121. The third-order valence-corrected chi connectivity index (χ3v) is 2.71. The summed E-state index contributed by atoms with van der Waals surface area (Å²) in [6, 6.07) is 4.22. The Bertz CT molecular complexity index is 307. The summed E-state index contributed by atoms with van der Waals surface area (Å²) in [7, 11) is 0. The Morgan fingerprint density at radius 3 is 2.75 bits per heavy atom. The maximum Gasteiger partial charge on any atom is 0.220 e. The molecule has 3 heteroatoms. The molecule has 0 saturated heterocycles. The molecule has 0 spiro atoms. The van der Waals surface area contributed by atoms with E-state index in [9.17, 15) is 4.79 Å². The third kappa shape index (κ3) is 4.43. The van der Waals surface area contributed by atoms with Gasteiger partial charge in [-0.25, -0.2) is 0 Å². The lowest BCUT2D eigenvalue weighted by Crippen LogP contribution is -2.33. The molecule has 1 heterocycles. The van der Waals surface area contributed by atoms with Crippen molar-refractivity contribution in [2.75, 3.05) is 0 Å². The number of amides is 1. The maximum absolute atomic E-state index is 11.6. The number of nitrogens with zero attached hydrogens (tertiary/aromatic N) is 1. The van der Waals surface area contributed by atoms with Crippen molar-refractivity contribution in [2.45, 2.75) is 45.6 Å². The van der Waals surface area contributed by atoms with Crippen LogP contribution in [0.5, 0.6) is 0 Å². The minimum Gasteiger partial charge on any atom is -0.353 e. The van der Waals surface area contributed by atoms with E-state index in [1.54, 1.807) is 6.20 Å². The average Bonchev–Trinajstić information content (AvgIpc) is 2.34. The number of rotatable bonds is 6. The molecule has 3 nitrogen and oxygen atoms in total. The fourth-order valence-electron chi connectivity index (χ4n) is 1.60. The Morgan fingerprint density at radius 1 is 1.44 bits per heavy atom. The average molecular weight is 220 g/mol. The number of hydrogen-bond acceptors (Lipinski definition) is 2. The molecular weight excluding hydrogens is 200 g/mol. The number of carbonyl (C=O) groups is 1. The number of aromatic nitrogens is 1. The van der Waals surface area contributed by atoms with E-state index in [4.69, 9.17) is 0 Å². The van der Waals surface area contributed by atoms with Crippen molar-refractivity contribution in [3.8, 4) is 0 Å². The zero-order valence-corrected chi connectivity index (χ0v) is 10.1. The maximum atomic E-state index is 11.6. The smallest absolute Gasteiger partial charge is 0.220 e. The molecule has 16 heavy (non-hydrogen) atoms. The molecule has 0 aliphatic carbocycles. The van der Waals surface area contributed by atoms with Gasteiger partial charge in [-0.2, -0.15) is 0 Å². The van der Waals surface area contributed by atoms with Crippen LogP contribution in [-0.2, 0) is 11.2 Å². The lowest BCUT2D eigenvalue weighted by Gasteiger charge is -2.14. The van der Waals surface area contributed by atoms with Gasteiger partial charge in [-0.1, -0.05) is 19.9 Å². The van der Waals surface area contributed by atoms with Crippen molar-refractivity contribution in [2.24, 2.45) is 0 Å². The number of carbonyl (C=O) groups excluding carboxylic acids is 1. The van der Waals surface area contributed by atoms with E-state index >= 15 is 0 Å². The first-order chi connectivity index (χ1) is 7.76. The van der Waals surface area contributed by atoms with Gasteiger partial charge in [-0.3, -0.25) is 9.78 Å². The first kappa shape index (κ1) is 12.7. The molecule has 1 rings (SSSR count). The van der Waals surface area contributed by atoms with E-state index in [1.807, 2.05) is 18.3 Å². The van der Waals surface area contributed by atoms with Crippen LogP contribution in [0.2, 0.25) is 0 Å².